The zero-order chi connectivity index (χ0) is 14.8. The summed E-state index contributed by atoms with van der Waals surface area (Å²) >= 11 is 5.12. The molecule has 0 spiro atoms. The molecule has 3 atom stereocenters. The van der Waals surface area contributed by atoms with Gasteiger partial charge in [0.15, 0.2) is 0 Å². The van der Waals surface area contributed by atoms with Crippen molar-refractivity contribution in [2.45, 2.75) is 44.6 Å². The number of thiocarbonyl (C=S) groups is 1. The van der Waals surface area contributed by atoms with Crippen LogP contribution in [0.25, 0.3) is 0 Å². The Hall–Kier alpha value is -1.42. The molecule has 3 nitrogen and oxygen atoms in total. The Labute approximate surface area is 131 Å². The van der Waals surface area contributed by atoms with Crippen molar-refractivity contribution in [2.75, 3.05) is 0 Å². The van der Waals surface area contributed by atoms with E-state index in [-0.39, 0.29) is 23.8 Å². The monoisotopic (exact) mass is 302 g/mol. The van der Waals surface area contributed by atoms with E-state index in [4.69, 9.17) is 18.0 Å². The Morgan fingerprint density at radius 1 is 1.19 bits per heavy atom. The Balaban J connectivity index is 1.63. The summed E-state index contributed by atoms with van der Waals surface area (Å²) in [5.74, 6) is 0.449. The molecule has 4 heteroatoms. The topological polar surface area (TPSA) is 55.1 Å². The van der Waals surface area contributed by atoms with Crippen LogP contribution >= 0.6 is 12.2 Å². The van der Waals surface area contributed by atoms with E-state index in [0.717, 1.165) is 38.5 Å². The summed E-state index contributed by atoms with van der Waals surface area (Å²) in [4.78, 5) is 13.1. The van der Waals surface area contributed by atoms with Gasteiger partial charge in [-0.15, -0.1) is 0 Å². The van der Waals surface area contributed by atoms with Crippen LogP contribution in [0.3, 0.4) is 0 Å². The first-order valence-electron chi connectivity index (χ1n) is 7.81. The first kappa shape index (κ1) is 14.5. The molecule has 2 aliphatic carbocycles. The van der Waals surface area contributed by atoms with Crippen LogP contribution < -0.4 is 11.1 Å². The fourth-order valence-corrected chi connectivity index (χ4v) is 3.98. The number of carbonyl (C=O) groups is 1. The van der Waals surface area contributed by atoms with Crippen LogP contribution in [0.5, 0.6) is 0 Å². The molecular formula is C17H22N2OS. The maximum atomic E-state index is 12.5. The van der Waals surface area contributed by atoms with Crippen molar-refractivity contribution < 1.29 is 4.79 Å². The van der Waals surface area contributed by atoms with Gasteiger partial charge in [0.1, 0.15) is 0 Å². The zero-order valence-electron chi connectivity index (χ0n) is 12.2. The number of hydrogen-bond donors (Lipinski definition) is 2. The van der Waals surface area contributed by atoms with Crippen molar-refractivity contribution in [2.24, 2.45) is 17.6 Å². The predicted molar refractivity (Wildman–Crippen MR) is 88.0 cm³/mol. The molecule has 1 saturated carbocycles. The van der Waals surface area contributed by atoms with Crippen LogP contribution in [0.4, 0.5) is 0 Å². The van der Waals surface area contributed by atoms with Crippen molar-refractivity contribution in [3.63, 3.8) is 0 Å². The lowest BCUT2D eigenvalue weighted by Crippen LogP contribution is -2.45. The van der Waals surface area contributed by atoms with E-state index in [0.29, 0.717) is 4.99 Å². The number of fused-ring (bicyclic) bond motifs is 1. The second kappa shape index (κ2) is 6.14. The largest absolute Gasteiger partial charge is 0.393 e. The average molecular weight is 302 g/mol. The van der Waals surface area contributed by atoms with Gasteiger partial charge in [0, 0.05) is 17.9 Å². The van der Waals surface area contributed by atoms with E-state index in [1.54, 1.807) is 0 Å². The first-order valence-corrected chi connectivity index (χ1v) is 8.22. The van der Waals surface area contributed by atoms with Crippen molar-refractivity contribution >= 4 is 23.1 Å². The molecule has 1 amide bonds. The summed E-state index contributed by atoms with van der Waals surface area (Å²) in [5.41, 5.74) is 8.50. The van der Waals surface area contributed by atoms with Crippen molar-refractivity contribution in [3.05, 3.63) is 35.4 Å². The Bertz CT molecular complexity index is 557. The highest BCUT2D eigenvalue weighted by molar-refractivity contribution is 7.80. The van der Waals surface area contributed by atoms with Gasteiger partial charge in [-0.3, -0.25) is 4.79 Å². The number of amides is 1. The average Bonchev–Trinajstić information content (AvgIpc) is 2.95. The minimum absolute atomic E-state index is 0.0903. The highest BCUT2D eigenvalue weighted by atomic mass is 32.1. The molecule has 1 aromatic rings. The highest BCUT2D eigenvalue weighted by Gasteiger charge is 2.33. The smallest absolute Gasteiger partial charge is 0.223 e. The molecule has 0 radical (unpaired) electrons. The SMILES string of the molecule is NC(=S)C1CCCC1NC(=O)C1CCc2ccccc2C1. The van der Waals surface area contributed by atoms with Crippen molar-refractivity contribution in [1.82, 2.24) is 5.32 Å². The maximum absolute atomic E-state index is 12.5. The standard InChI is InChI=1S/C17H22N2OS/c18-16(21)14-6-3-7-15(14)19-17(20)13-9-8-11-4-1-2-5-12(11)10-13/h1-2,4-5,13-15H,3,6-10H2,(H2,18,21)(H,19,20). The molecule has 0 bridgehead atoms. The third-order valence-electron chi connectivity index (χ3n) is 4.93. The third kappa shape index (κ3) is 3.10. The van der Waals surface area contributed by atoms with Crippen LogP contribution in [-0.4, -0.2) is 16.9 Å². The van der Waals surface area contributed by atoms with E-state index in [2.05, 4.69) is 29.6 Å². The van der Waals surface area contributed by atoms with Gasteiger partial charge in [-0.05, 0) is 43.2 Å². The normalized spacial score (nSPS) is 27.9. The molecule has 3 N–H and O–H groups in total. The summed E-state index contributed by atoms with van der Waals surface area (Å²) < 4.78 is 0. The van der Waals surface area contributed by atoms with E-state index in [1.165, 1.54) is 11.1 Å². The van der Waals surface area contributed by atoms with Crippen LogP contribution in [0.1, 0.15) is 36.8 Å². The van der Waals surface area contributed by atoms with Crippen LogP contribution in [0.2, 0.25) is 0 Å². The summed E-state index contributed by atoms with van der Waals surface area (Å²) in [6.07, 6.45) is 5.89. The molecule has 112 valence electrons. The van der Waals surface area contributed by atoms with Gasteiger partial charge >= 0.3 is 0 Å². The van der Waals surface area contributed by atoms with Gasteiger partial charge in [0.05, 0.1) is 4.99 Å². The summed E-state index contributed by atoms with van der Waals surface area (Å²) in [5, 5.41) is 3.20. The first-order chi connectivity index (χ1) is 10.1. The fraction of sp³-hybridized carbons (Fsp3) is 0.529. The maximum Gasteiger partial charge on any atom is 0.223 e. The number of hydrogen-bond acceptors (Lipinski definition) is 2. The Kier molecular flexibility index (Phi) is 4.24. The number of rotatable bonds is 3. The number of benzene rings is 1. The van der Waals surface area contributed by atoms with E-state index < -0.39 is 0 Å². The van der Waals surface area contributed by atoms with Gasteiger partial charge in [0.2, 0.25) is 5.91 Å². The second-order valence-electron chi connectivity index (χ2n) is 6.26. The van der Waals surface area contributed by atoms with E-state index in [9.17, 15) is 4.79 Å². The third-order valence-corrected chi connectivity index (χ3v) is 5.23. The Morgan fingerprint density at radius 2 is 1.95 bits per heavy atom. The molecule has 3 unspecified atom stereocenters. The molecule has 0 aliphatic heterocycles. The number of aryl methyl sites for hydroxylation is 1. The minimum Gasteiger partial charge on any atom is -0.393 e. The molecule has 0 saturated heterocycles. The number of nitrogens with one attached hydrogen (secondary N) is 1. The Morgan fingerprint density at radius 3 is 2.71 bits per heavy atom. The number of nitrogens with two attached hydrogens (primary N) is 1. The lowest BCUT2D eigenvalue weighted by atomic mass is 9.83. The molecule has 0 aromatic heterocycles. The van der Waals surface area contributed by atoms with E-state index in [1.807, 2.05) is 0 Å². The van der Waals surface area contributed by atoms with Gasteiger partial charge in [-0.1, -0.05) is 42.9 Å². The molecule has 3 rings (SSSR count). The van der Waals surface area contributed by atoms with Crippen molar-refractivity contribution in [3.8, 4) is 0 Å². The molecule has 21 heavy (non-hydrogen) atoms. The molecule has 2 aliphatic rings. The van der Waals surface area contributed by atoms with Gasteiger partial charge in [0.25, 0.3) is 0 Å². The van der Waals surface area contributed by atoms with Crippen LogP contribution in [0, 0.1) is 11.8 Å². The molecule has 0 heterocycles. The van der Waals surface area contributed by atoms with Gasteiger partial charge < -0.3 is 11.1 Å². The van der Waals surface area contributed by atoms with Crippen LogP contribution in [-0.2, 0) is 17.6 Å². The number of carbonyl (C=O) groups excluding carboxylic acids is 1. The molecule has 1 aromatic carbocycles. The summed E-state index contributed by atoms with van der Waals surface area (Å²) in [6.45, 7) is 0. The van der Waals surface area contributed by atoms with Crippen molar-refractivity contribution in [1.29, 1.82) is 0 Å². The quantitative estimate of drug-likeness (QED) is 0.843. The zero-order valence-corrected chi connectivity index (χ0v) is 13.0. The molecular weight excluding hydrogens is 280 g/mol. The predicted octanol–water partition coefficient (Wildman–Crippen LogP) is 2.36. The van der Waals surface area contributed by atoms with Crippen LogP contribution in [0.15, 0.2) is 24.3 Å². The molecule has 1 fully saturated rings. The highest BCUT2D eigenvalue weighted by Crippen LogP contribution is 2.29. The van der Waals surface area contributed by atoms with Gasteiger partial charge in [-0.25, -0.2) is 0 Å². The summed E-state index contributed by atoms with van der Waals surface area (Å²) in [6, 6.07) is 8.59. The minimum atomic E-state index is 0.0903. The summed E-state index contributed by atoms with van der Waals surface area (Å²) in [7, 11) is 0. The fourth-order valence-electron chi connectivity index (χ4n) is 3.70. The van der Waals surface area contributed by atoms with Gasteiger partial charge in [-0.2, -0.15) is 0 Å². The lowest BCUT2D eigenvalue weighted by molar-refractivity contribution is -0.126. The lowest BCUT2D eigenvalue weighted by Gasteiger charge is -2.27. The van der Waals surface area contributed by atoms with E-state index >= 15 is 0 Å². The second-order valence-corrected chi connectivity index (χ2v) is 6.73.